The third-order valence-electron chi connectivity index (χ3n) is 7.22. The molecule has 2 fully saturated rings. The summed E-state index contributed by atoms with van der Waals surface area (Å²) < 4.78 is 28.7. The van der Waals surface area contributed by atoms with Crippen molar-refractivity contribution in [3.8, 4) is 11.1 Å². The molecule has 2 aliphatic heterocycles. The summed E-state index contributed by atoms with van der Waals surface area (Å²) in [7, 11) is 0. The van der Waals surface area contributed by atoms with Gasteiger partial charge in [-0.15, -0.1) is 0 Å². The molecule has 2 aliphatic rings. The van der Waals surface area contributed by atoms with Gasteiger partial charge in [0.2, 0.25) is 0 Å². The third kappa shape index (κ3) is 6.44. The standard InChI is InChI=1S/C29H38F2N2/c1-22(33-16-4-5-17-33)24-8-10-25(11-9-24)27-13-12-26(28(30)20-27)7-6-23-14-18-32(19-15-23)21-29(2,3)31/h8-13,20,23H,1,4-7,14-19,21H2,2-3H3. The average molecular weight is 453 g/mol. The van der Waals surface area contributed by atoms with Gasteiger partial charge in [0.1, 0.15) is 11.5 Å². The fourth-order valence-corrected chi connectivity index (χ4v) is 5.28. The molecule has 2 aromatic carbocycles. The molecule has 0 aliphatic carbocycles. The van der Waals surface area contributed by atoms with Crippen molar-refractivity contribution in [3.63, 3.8) is 0 Å². The molecule has 0 aromatic heterocycles. The first-order valence-corrected chi connectivity index (χ1v) is 12.5. The van der Waals surface area contributed by atoms with E-state index in [4.69, 9.17) is 0 Å². The summed E-state index contributed by atoms with van der Waals surface area (Å²) in [4.78, 5) is 4.56. The number of aryl methyl sites for hydroxylation is 1. The molecule has 2 nitrogen and oxygen atoms in total. The van der Waals surface area contributed by atoms with Gasteiger partial charge in [-0.2, -0.15) is 0 Å². The molecule has 178 valence electrons. The molecular weight excluding hydrogens is 414 g/mol. The average Bonchev–Trinajstić information content (AvgIpc) is 3.33. The Morgan fingerprint density at radius 2 is 1.61 bits per heavy atom. The number of benzene rings is 2. The van der Waals surface area contributed by atoms with Gasteiger partial charge in [-0.1, -0.05) is 43.0 Å². The van der Waals surface area contributed by atoms with Gasteiger partial charge < -0.3 is 9.80 Å². The Kier molecular flexibility index (Phi) is 7.53. The highest BCUT2D eigenvalue weighted by atomic mass is 19.1. The zero-order valence-corrected chi connectivity index (χ0v) is 20.3. The van der Waals surface area contributed by atoms with Crippen molar-refractivity contribution in [2.75, 3.05) is 32.7 Å². The van der Waals surface area contributed by atoms with Crippen LogP contribution in [0.15, 0.2) is 49.0 Å². The minimum Gasteiger partial charge on any atom is -0.372 e. The zero-order chi connectivity index (χ0) is 23.4. The van der Waals surface area contributed by atoms with E-state index in [-0.39, 0.29) is 5.82 Å². The number of likely N-dealkylation sites (tertiary alicyclic amines) is 2. The van der Waals surface area contributed by atoms with Crippen LogP contribution >= 0.6 is 0 Å². The summed E-state index contributed by atoms with van der Waals surface area (Å²) in [6.45, 7) is 12.1. The van der Waals surface area contributed by atoms with Gasteiger partial charge in [-0.25, -0.2) is 8.78 Å². The molecule has 0 radical (unpaired) electrons. The lowest BCUT2D eigenvalue weighted by Gasteiger charge is -2.34. The molecule has 0 unspecified atom stereocenters. The molecule has 0 atom stereocenters. The highest BCUT2D eigenvalue weighted by Gasteiger charge is 2.25. The SMILES string of the molecule is C=C(c1ccc(-c2ccc(CCC3CCN(CC(C)(C)F)CC3)c(F)c2)cc1)N1CCCC1. The van der Waals surface area contributed by atoms with Crippen LogP contribution < -0.4 is 0 Å². The number of nitrogens with zero attached hydrogens (tertiary/aromatic N) is 2. The van der Waals surface area contributed by atoms with Crippen molar-refractivity contribution in [3.05, 3.63) is 66.0 Å². The first-order chi connectivity index (χ1) is 15.8. The molecule has 4 heteroatoms. The number of halogens is 2. The predicted molar refractivity (Wildman–Crippen MR) is 134 cm³/mol. The van der Waals surface area contributed by atoms with Crippen LogP contribution in [-0.2, 0) is 6.42 Å². The molecule has 0 amide bonds. The largest absolute Gasteiger partial charge is 0.372 e. The van der Waals surface area contributed by atoms with Crippen molar-refractivity contribution in [1.29, 1.82) is 0 Å². The molecule has 2 aromatic rings. The number of alkyl halides is 1. The summed E-state index contributed by atoms with van der Waals surface area (Å²) in [5, 5.41) is 0. The summed E-state index contributed by atoms with van der Waals surface area (Å²) >= 11 is 0. The minimum atomic E-state index is -1.14. The van der Waals surface area contributed by atoms with Crippen LogP contribution in [0.4, 0.5) is 8.78 Å². The summed E-state index contributed by atoms with van der Waals surface area (Å²) in [5.41, 5.74) is 3.82. The number of rotatable bonds is 8. The van der Waals surface area contributed by atoms with E-state index in [2.05, 4.69) is 40.6 Å². The third-order valence-corrected chi connectivity index (χ3v) is 7.22. The Morgan fingerprint density at radius 3 is 2.21 bits per heavy atom. The molecule has 2 saturated heterocycles. The van der Waals surface area contributed by atoms with Crippen molar-refractivity contribution < 1.29 is 8.78 Å². The van der Waals surface area contributed by atoms with E-state index in [0.29, 0.717) is 12.5 Å². The Balaban J connectivity index is 1.31. The smallest absolute Gasteiger partial charge is 0.127 e. The van der Waals surface area contributed by atoms with Crippen molar-refractivity contribution >= 4 is 5.70 Å². The Hall–Kier alpha value is -2.20. The highest BCUT2D eigenvalue weighted by Crippen LogP contribution is 2.29. The van der Waals surface area contributed by atoms with Gasteiger partial charge in [0.25, 0.3) is 0 Å². The van der Waals surface area contributed by atoms with Crippen LogP contribution in [0.3, 0.4) is 0 Å². The second-order valence-electron chi connectivity index (χ2n) is 10.5. The highest BCUT2D eigenvalue weighted by molar-refractivity contribution is 5.69. The van der Waals surface area contributed by atoms with E-state index in [0.717, 1.165) is 79.8 Å². The quantitative estimate of drug-likeness (QED) is 0.427. The van der Waals surface area contributed by atoms with Gasteiger partial charge in [0, 0.05) is 25.3 Å². The monoisotopic (exact) mass is 452 g/mol. The van der Waals surface area contributed by atoms with Crippen LogP contribution in [0.1, 0.15) is 57.1 Å². The van der Waals surface area contributed by atoms with Crippen LogP contribution in [0.25, 0.3) is 16.8 Å². The first kappa shape index (κ1) is 23.9. The van der Waals surface area contributed by atoms with Gasteiger partial charge in [0.05, 0.1) is 0 Å². The fourth-order valence-electron chi connectivity index (χ4n) is 5.28. The van der Waals surface area contributed by atoms with Crippen LogP contribution in [0.2, 0.25) is 0 Å². The maximum atomic E-state index is 14.9. The van der Waals surface area contributed by atoms with E-state index >= 15 is 0 Å². The lowest BCUT2D eigenvalue weighted by atomic mass is 9.89. The number of piperidine rings is 1. The van der Waals surface area contributed by atoms with E-state index in [1.165, 1.54) is 12.8 Å². The molecule has 33 heavy (non-hydrogen) atoms. The molecule has 0 saturated carbocycles. The van der Waals surface area contributed by atoms with E-state index in [1.807, 2.05) is 12.1 Å². The maximum absolute atomic E-state index is 14.9. The summed E-state index contributed by atoms with van der Waals surface area (Å²) in [6.07, 6.45) is 6.38. The van der Waals surface area contributed by atoms with Crippen LogP contribution in [0.5, 0.6) is 0 Å². The predicted octanol–water partition coefficient (Wildman–Crippen LogP) is 6.95. The summed E-state index contributed by atoms with van der Waals surface area (Å²) in [6, 6.07) is 14.0. The molecular formula is C29H38F2N2. The second-order valence-corrected chi connectivity index (χ2v) is 10.5. The van der Waals surface area contributed by atoms with Gasteiger partial charge in [-0.05, 0) is 99.7 Å². The van der Waals surface area contributed by atoms with Crippen LogP contribution in [-0.4, -0.2) is 48.2 Å². The Morgan fingerprint density at radius 1 is 0.970 bits per heavy atom. The summed E-state index contributed by atoms with van der Waals surface area (Å²) in [5.74, 6) is 0.481. The Bertz CT molecular complexity index is 931. The minimum absolute atomic E-state index is 0.116. The number of hydrogen-bond donors (Lipinski definition) is 0. The lowest BCUT2D eigenvalue weighted by Crippen LogP contribution is -2.41. The van der Waals surface area contributed by atoms with Gasteiger partial charge in [0.15, 0.2) is 0 Å². The second kappa shape index (κ2) is 10.4. The molecule has 0 bridgehead atoms. The van der Waals surface area contributed by atoms with Gasteiger partial charge in [-0.3, -0.25) is 0 Å². The molecule has 4 rings (SSSR count). The molecule has 2 heterocycles. The fraction of sp³-hybridized carbons (Fsp3) is 0.517. The Labute approximate surface area is 198 Å². The van der Waals surface area contributed by atoms with Crippen molar-refractivity contribution in [2.24, 2.45) is 5.92 Å². The topological polar surface area (TPSA) is 6.48 Å². The lowest BCUT2D eigenvalue weighted by molar-refractivity contribution is 0.0942. The van der Waals surface area contributed by atoms with E-state index in [9.17, 15) is 8.78 Å². The molecule has 0 N–H and O–H groups in total. The zero-order valence-electron chi connectivity index (χ0n) is 20.3. The van der Waals surface area contributed by atoms with E-state index in [1.54, 1.807) is 19.9 Å². The van der Waals surface area contributed by atoms with Crippen molar-refractivity contribution in [2.45, 2.75) is 58.0 Å². The number of hydrogen-bond acceptors (Lipinski definition) is 2. The van der Waals surface area contributed by atoms with E-state index < -0.39 is 5.67 Å². The van der Waals surface area contributed by atoms with Gasteiger partial charge >= 0.3 is 0 Å². The van der Waals surface area contributed by atoms with Crippen LogP contribution in [0, 0.1) is 11.7 Å². The molecule has 0 spiro atoms. The maximum Gasteiger partial charge on any atom is 0.127 e. The normalized spacial score (nSPS) is 18.1. The first-order valence-electron chi connectivity index (χ1n) is 12.5. The van der Waals surface area contributed by atoms with Crippen molar-refractivity contribution in [1.82, 2.24) is 9.80 Å².